The molecule has 17 heavy (non-hydrogen) atoms. The number of carboxylic acids is 2. The van der Waals surface area contributed by atoms with Gasteiger partial charge in [0.05, 0.1) is 0 Å². The van der Waals surface area contributed by atoms with Gasteiger partial charge in [-0.3, -0.25) is 9.59 Å². The molecule has 1 aromatic rings. The zero-order valence-corrected chi connectivity index (χ0v) is 9.85. The van der Waals surface area contributed by atoms with Crippen molar-refractivity contribution in [2.75, 3.05) is 0 Å². The van der Waals surface area contributed by atoms with E-state index in [1.165, 1.54) is 0 Å². The Morgan fingerprint density at radius 3 is 1.65 bits per heavy atom. The molecule has 2 N–H and O–H groups in total. The number of benzene rings is 1. The molecule has 0 radical (unpaired) electrons. The van der Waals surface area contributed by atoms with E-state index >= 15 is 0 Å². The molecule has 92 valence electrons. The van der Waals surface area contributed by atoms with Gasteiger partial charge in [0.25, 0.3) is 0 Å². The minimum absolute atomic E-state index is 0.275. The van der Waals surface area contributed by atoms with Crippen LogP contribution in [0.1, 0.15) is 19.3 Å². The van der Waals surface area contributed by atoms with Crippen LogP contribution in [0, 0.1) is 5.41 Å². The van der Waals surface area contributed by atoms with Crippen LogP contribution in [-0.2, 0) is 9.59 Å². The highest BCUT2D eigenvalue weighted by Gasteiger charge is 2.51. The highest BCUT2D eigenvalue weighted by atomic mass is 35.5. The summed E-state index contributed by atoms with van der Waals surface area (Å²) in [6.45, 7) is 0. The molecule has 1 aliphatic carbocycles. The lowest BCUT2D eigenvalue weighted by Crippen LogP contribution is -2.44. The molecule has 0 atom stereocenters. The molecule has 0 spiro atoms. The first-order valence-electron chi connectivity index (χ1n) is 5.16. The quantitative estimate of drug-likeness (QED) is 0.798. The van der Waals surface area contributed by atoms with Gasteiger partial charge in [-0.2, -0.15) is 0 Å². The molecule has 0 unspecified atom stereocenters. The van der Waals surface area contributed by atoms with Gasteiger partial charge in [0.1, 0.15) is 0 Å². The molecular weight excluding hydrogens is 244 g/mol. The Balaban J connectivity index is 0.000000181. The topological polar surface area (TPSA) is 74.6 Å². The molecule has 0 aliphatic heterocycles. The summed E-state index contributed by atoms with van der Waals surface area (Å²) in [7, 11) is 0. The molecule has 1 aliphatic rings. The molecule has 4 nitrogen and oxygen atoms in total. The molecule has 0 bridgehead atoms. The van der Waals surface area contributed by atoms with Crippen LogP contribution < -0.4 is 0 Å². The summed E-state index contributed by atoms with van der Waals surface area (Å²) in [5.74, 6) is -2.41. The maximum absolute atomic E-state index is 10.4. The Morgan fingerprint density at radius 1 is 1.06 bits per heavy atom. The van der Waals surface area contributed by atoms with Crippen LogP contribution in [0.3, 0.4) is 0 Å². The van der Waals surface area contributed by atoms with Crippen LogP contribution >= 0.6 is 11.6 Å². The SMILES string of the molecule is Clc1ccccc1.O=C(O)C1(C(=O)O)CCC1. The Labute approximate surface area is 104 Å². The van der Waals surface area contributed by atoms with E-state index in [0.29, 0.717) is 6.42 Å². The standard InChI is InChI=1S/C6H5Cl.C6H8O4/c7-6-4-2-1-3-5-6;7-4(8)6(5(9)10)2-1-3-6/h1-5H;1-3H2,(H,7,8)(H,9,10). The normalized spacial score (nSPS) is 16.1. The van der Waals surface area contributed by atoms with Crippen molar-refractivity contribution in [3.63, 3.8) is 0 Å². The largest absolute Gasteiger partial charge is 0.480 e. The molecule has 0 amide bonds. The molecule has 1 fully saturated rings. The van der Waals surface area contributed by atoms with E-state index < -0.39 is 17.4 Å². The predicted octanol–water partition coefficient (Wildman–Crippen LogP) is 2.67. The first-order valence-corrected chi connectivity index (χ1v) is 5.54. The second kappa shape index (κ2) is 5.68. The maximum atomic E-state index is 10.4. The van der Waals surface area contributed by atoms with Gasteiger partial charge in [-0.25, -0.2) is 0 Å². The summed E-state index contributed by atoms with van der Waals surface area (Å²) in [4.78, 5) is 20.7. The fraction of sp³-hybridized carbons (Fsp3) is 0.333. The molecular formula is C12H13ClO4. The van der Waals surface area contributed by atoms with E-state index in [4.69, 9.17) is 21.8 Å². The third kappa shape index (κ3) is 3.20. The van der Waals surface area contributed by atoms with Crippen molar-refractivity contribution in [3.8, 4) is 0 Å². The second-order valence-corrected chi connectivity index (χ2v) is 4.28. The number of hydrogen-bond acceptors (Lipinski definition) is 2. The molecule has 1 saturated carbocycles. The summed E-state index contributed by atoms with van der Waals surface area (Å²) in [5, 5.41) is 17.7. The zero-order valence-electron chi connectivity index (χ0n) is 9.10. The van der Waals surface area contributed by atoms with Crippen molar-refractivity contribution in [2.24, 2.45) is 5.41 Å². The van der Waals surface area contributed by atoms with Gasteiger partial charge in [-0.1, -0.05) is 29.8 Å². The van der Waals surface area contributed by atoms with Gasteiger partial charge in [-0.15, -0.1) is 0 Å². The highest BCUT2D eigenvalue weighted by molar-refractivity contribution is 6.30. The lowest BCUT2D eigenvalue weighted by molar-refractivity contribution is -0.171. The average Bonchev–Trinajstić information content (AvgIpc) is 2.16. The number of rotatable bonds is 2. The highest BCUT2D eigenvalue weighted by Crippen LogP contribution is 2.41. The fourth-order valence-corrected chi connectivity index (χ4v) is 1.61. The molecule has 0 saturated heterocycles. The summed E-state index contributed by atoms with van der Waals surface area (Å²) in [6.07, 6.45) is 1.26. The first kappa shape index (κ1) is 13.5. The number of hydrogen-bond donors (Lipinski definition) is 2. The van der Waals surface area contributed by atoms with Gasteiger partial charge in [-0.05, 0) is 31.4 Å². The van der Waals surface area contributed by atoms with Crippen LogP contribution in [0.15, 0.2) is 30.3 Å². The maximum Gasteiger partial charge on any atom is 0.321 e. The van der Waals surface area contributed by atoms with Crippen molar-refractivity contribution in [2.45, 2.75) is 19.3 Å². The minimum Gasteiger partial charge on any atom is -0.480 e. The van der Waals surface area contributed by atoms with E-state index in [1.54, 1.807) is 0 Å². The summed E-state index contributed by atoms with van der Waals surface area (Å²) < 4.78 is 0. The minimum atomic E-state index is -1.44. The Hall–Kier alpha value is -1.55. The molecule has 1 aromatic carbocycles. The van der Waals surface area contributed by atoms with Gasteiger partial charge >= 0.3 is 11.9 Å². The number of carboxylic acid groups (broad SMARTS) is 2. The monoisotopic (exact) mass is 256 g/mol. The van der Waals surface area contributed by atoms with Crippen molar-refractivity contribution < 1.29 is 19.8 Å². The van der Waals surface area contributed by atoms with Gasteiger partial charge in [0.15, 0.2) is 5.41 Å². The third-order valence-electron chi connectivity index (χ3n) is 2.76. The van der Waals surface area contributed by atoms with Crippen molar-refractivity contribution in [1.29, 1.82) is 0 Å². The Kier molecular flexibility index (Phi) is 4.52. The van der Waals surface area contributed by atoms with Gasteiger partial charge in [0, 0.05) is 5.02 Å². The smallest absolute Gasteiger partial charge is 0.321 e. The Morgan fingerprint density at radius 2 is 1.53 bits per heavy atom. The number of carbonyl (C=O) groups is 2. The average molecular weight is 257 g/mol. The summed E-state index contributed by atoms with van der Waals surface area (Å²) in [6, 6.07) is 9.44. The van der Waals surface area contributed by atoms with Crippen molar-refractivity contribution >= 4 is 23.5 Å². The fourth-order valence-electron chi connectivity index (χ4n) is 1.46. The Bertz CT molecular complexity index is 382. The molecule has 5 heteroatoms. The molecule has 0 aromatic heterocycles. The lowest BCUT2D eigenvalue weighted by atomic mass is 9.69. The van der Waals surface area contributed by atoms with E-state index in [-0.39, 0.29) is 12.8 Å². The van der Waals surface area contributed by atoms with Crippen LogP contribution in [0.5, 0.6) is 0 Å². The number of halogens is 1. The van der Waals surface area contributed by atoms with Gasteiger partial charge in [0.2, 0.25) is 0 Å². The van der Waals surface area contributed by atoms with E-state index in [0.717, 1.165) is 5.02 Å². The zero-order chi connectivity index (χ0) is 12.9. The van der Waals surface area contributed by atoms with Crippen molar-refractivity contribution in [1.82, 2.24) is 0 Å². The summed E-state index contributed by atoms with van der Waals surface area (Å²) >= 11 is 5.54. The number of aliphatic carboxylic acids is 2. The molecule has 2 rings (SSSR count). The van der Waals surface area contributed by atoms with E-state index in [1.807, 2.05) is 30.3 Å². The van der Waals surface area contributed by atoms with Crippen LogP contribution in [0.4, 0.5) is 0 Å². The first-order chi connectivity index (χ1) is 7.99. The van der Waals surface area contributed by atoms with E-state index in [9.17, 15) is 9.59 Å². The van der Waals surface area contributed by atoms with Gasteiger partial charge < -0.3 is 10.2 Å². The van der Waals surface area contributed by atoms with Crippen LogP contribution in [0.2, 0.25) is 5.02 Å². The third-order valence-corrected chi connectivity index (χ3v) is 3.01. The second-order valence-electron chi connectivity index (χ2n) is 3.84. The van der Waals surface area contributed by atoms with Crippen LogP contribution in [0.25, 0.3) is 0 Å². The summed E-state index contributed by atoms with van der Waals surface area (Å²) in [5.41, 5.74) is -1.44. The van der Waals surface area contributed by atoms with Crippen molar-refractivity contribution in [3.05, 3.63) is 35.4 Å². The molecule has 0 heterocycles. The van der Waals surface area contributed by atoms with E-state index in [2.05, 4.69) is 0 Å². The van der Waals surface area contributed by atoms with Crippen LogP contribution in [-0.4, -0.2) is 22.2 Å². The predicted molar refractivity (Wildman–Crippen MR) is 63.0 cm³/mol. The lowest BCUT2D eigenvalue weighted by Gasteiger charge is -2.32.